The van der Waals surface area contributed by atoms with Crippen LogP contribution in [0.2, 0.25) is 0 Å². The van der Waals surface area contributed by atoms with Crippen molar-refractivity contribution in [2.45, 2.75) is 25.9 Å². The quantitative estimate of drug-likeness (QED) is 0.819. The van der Waals surface area contributed by atoms with Crippen molar-refractivity contribution >= 4 is 33.9 Å². The van der Waals surface area contributed by atoms with Gasteiger partial charge in [0.05, 0.1) is 0 Å². The molecule has 3 heteroatoms. The predicted molar refractivity (Wildman–Crippen MR) is 81.5 cm³/mol. The molecule has 0 amide bonds. The molecule has 1 atom stereocenters. The molecule has 1 aromatic heterocycles. The third kappa shape index (κ3) is 3.09. The van der Waals surface area contributed by atoms with E-state index in [1.165, 1.54) is 14.7 Å². The first-order valence-corrected chi connectivity index (χ1v) is 7.46. The fourth-order valence-corrected chi connectivity index (χ4v) is 3.35. The summed E-state index contributed by atoms with van der Waals surface area (Å²) >= 11 is 3.92. The Morgan fingerprint density at radius 1 is 1.24 bits per heavy atom. The molecule has 0 aliphatic heterocycles. The molecule has 0 saturated carbocycles. The Morgan fingerprint density at radius 2 is 1.88 bits per heavy atom. The average molecular weight is 358 g/mol. The summed E-state index contributed by atoms with van der Waals surface area (Å²) < 4.78 is 1.22. The zero-order valence-corrected chi connectivity index (χ0v) is 12.9. The molecule has 1 N–H and O–H groups in total. The van der Waals surface area contributed by atoms with Crippen LogP contribution in [0.25, 0.3) is 0 Å². The van der Waals surface area contributed by atoms with E-state index in [9.17, 15) is 5.11 Å². The summed E-state index contributed by atoms with van der Waals surface area (Å²) in [4.78, 5) is 1.07. The minimum Gasteiger partial charge on any atom is -0.384 e. The van der Waals surface area contributed by atoms with Crippen molar-refractivity contribution in [1.82, 2.24) is 0 Å². The summed E-state index contributed by atoms with van der Waals surface area (Å²) in [5, 5.41) is 12.6. The summed E-state index contributed by atoms with van der Waals surface area (Å²) in [5.41, 5.74) is 1.57. The molecule has 2 rings (SSSR count). The Kier molecular flexibility index (Phi) is 3.90. The van der Waals surface area contributed by atoms with Crippen LogP contribution in [0.3, 0.4) is 0 Å². The summed E-state index contributed by atoms with van der Waals surface area (Å²) in [6.07, 6.45) is 0.658. The summed E-state index contributed by atoms with van der Waals surface area (Å²) in [6.45, 7) is 3.94. The highest BCUT2D eigenvalue weighted by Crippen LogP contribution is 2.32. The van der Waals surface area contributed by atoms with E-state index in [2.05, 4.69) is 52.9 Å². The van der Waals surface area contributed by atoms with Gasteiger partial charge >= 0.3 is 0 Å². The standard InChI is InChI=1S/C14H15IOS/c1-10-7-8-17-13(10)14(2,16)9-11-3-5-12(15)6-4-11/h3-8,16H,9H2,1-2H3. The zero-order chi connectivity index (χ0) is 12.5. The third-order valence-electron chi connectivity index (χ3n) is 2.81. The molecule has 1 heterocycles. The van der Waals surface area contributed by atoms with E-state index in [1.54, 1.807) is 11.3 Å². The predicted octanol–water partition coefficient (Wildman–Crippen LogP) is 4.11. The van der Waals surface area contributed by atoms with E-state index in [4.69, 9.17) is 0 Å². The number of benzene rings is 1. The lowest BCUT2D eigenvalue weighted by atomic mass is 9.93. The van der Waals surface area contributed by atoms with Crippen LogP contribution in [0.1, 0.15) is 22.9 Å². The second-order valence-electron chi connectivity index (χ2n) is 4.51. The highest BCUT2D eigenvalue weighted by molar-refractivity contribution is 14.1. The minimum atomic E-state index is -0.773. The molecule has 1 aromatic carbocycles. The maximum absolute atomic E-state index is 10.6. The first-order valence-electron chi connectivity index (χ1n) is 5.50. The average Bonchev–Trinajstić information content (AvgIpc) is 2.68. The second-order valence-corrected chi connectivity index (χ2v) is 6.67. The molecule has 0 aliphatic carbocycles. The molecule has 1 unspecified atom stereocenters. The van der Waals surface area contributed by atoms with Crippen molar-refractivity contribution in [2.75, 3.05) is 0 Å². The van der Waals surface area contributed by atoms with Crippen molar-refractivity contribution in [3.05, 3.63) is 55.3 Å². The second kappa shape index (κ2) is 5.08. The maximum Gasteiger partial charge on any atom is 0.100 e. The molecule has 0 saturated heterocycles. The minimum absolute atomic E-state index is 0.658. The summed E-state index contributed by atoms with van der Waals surface area (Å²) in [6, 6.07) is 10.4. The van der Waals surface area contributed by atoms with E-state index in [1.807, 2.05) is 19.2 Å². The lowest BCUT2D eigenvalue weighted by molar-refractivity contribution is 0.0609. The molecule has 90 valence electrons. The van der Waals surface area contributed by atoms with Crippen LogP contribution in [0.5, 0.6) is 0 Å². The van der Waals surface area contributed by atoms with Crippen LogP contribution in [-0.4, -0.2) is 5.11 Å². The molecular weight excluding hydrogens is 343 g/mol. The first kappa shape index (κ1) is 13.1. The largest absolute Gasteiger partial charge is 0.384 e. The van der Waals surface area contributed by atoms with Gasteiger partial charge in [-0.25, -0.2) is 0 Å². The van der Waals surface area contributed by atoms with E-state index in [-0.39, 0.29) is 0 Å². The summed E-state index contributed by atoms with van der Waals surface area (Å²) in [5.74, 6) is 0. The number of thiophene rings is 1. The molecule has 0 bridgehead atoms. The van der Waals surface area contributed by atoms with Crippen LogP contribution in [0, 0.1) is 10.5 Å². The Bertz CT molecular complexity index is 499. The maximum atomic E-state index is 10.6. The van der Waals surface area contributed by atoms with Gasteiger partial charge in [-0.05, 0) is 71.1 Å². The number of aliphatic hydroxyl groups is 1. The number of hydrogen-bond donors (Lipinski definition) is 1. The topological polar surface area (TPSA) is 20.2 Å². The number of rotatable bonds is 3. The fourth-order valence-electron chi connectivity index (χ4n) is 2.00. The van der Waals surface area contributed by atoms with Gasteiger partial charge in [0.2, 0.25) is 0 Å². The first-order chi connectivity index (χ1) is 7.99. The lowest BCUT2D eigenvalue weighted by Gasteiger charge is -2.23. The van der Waals surface area contributed by atoms with Gasteiger partial charge in [0.15, 0.2) is 0 Å². The number of hydrogen-bond acceptors (Lipinski definition) is 2. The highest BCUT2D eigenvalue weighted by Gasteiger charge is 2.26. The van der Waals surface area contributed by atoms with Crippen molar-refractivity contribution in [1.29, 1.82) is 0 Å². The van der Waals surface area contributed by atoms with Crippen molar-refractivity contribution in [3.8, 4) is 0 Å². The van der Waals surface area contributed by atoms with Crippen molar-refractivity contribution in [2.24, 2.45) is 0 Å². The van der Waals surface area contributed by atoms with Crippen molar-refractivity contribution < 1.29 is 5.11 Å². The van der Waals surface area contributed by atoms with Gasteiger partial charge in [-0.3, -0.25) is 0 Å². The van der Waals surface area contributed by atoms with Gasteiger partial charge in [0.1, 0.15) is 5.60 Å². The van der Waals surface area contributed by atoms with E-state index in [0.717, 1.165) is 4.88 Å². The Morgan fingerprint density at radius 3 is 2.41 bits per heavy atom. The van der Waals surface area contributed by atoms with Gasteiger partial charge < -0.3 is 5.11 Å². The van der Waals surface area contributed by atoms with Crippen LogP contribution >= 0.6 is 33.9 Å². The fraction of sp³-hybridized carbons (Fsp3) is 0.286. The lowest BCUT2D eigenvalue weighted by Crippen LogP contribution is -2.23. The van der Waals surface area contributed by atoms with Gasteiger partial charge in [-0.1, -0.05) is 12.1 Å². The normalized spacial score (nSPS) is 14.6. The monoisotopic (exact) mass is 358 g/mol. The summed E-state index contributed by atoms with van der Waals surface area (Å²) in [7, 11) is 0. The van der Waals surface area contributed by atoms with E-state index in [0.29, 0.717) is 6.42 Å². The Hall–Kier alpha value is -0.390. The molecule has 17 heavy (non-hydrogen) atoms. The van der Waals surface area contributed by atoms with Gasteiger partial charge in [-0.2, -0.15) is 0 Å². The Balaban J connectivity index is 2.23. The van der Waals surface area contributed by atoms with Gasteiger partial charge in [0, 0.05) is 14.9 Å². The van der Waals surface area contributed by atoms with Crippen LogP contribution < -0.4 is 0 Å². The zero-order valence-electron chi connectivity index (χ0n) is 9.90. The molecule has 0 spiro atoms. The number of aryl methyl sites for hydroxylation is 1. The molecule has 1 nitrogen and oxygen atoms in total. The molecule has 0 radical (unpaired) electrons. The van der Waals surface area contributed by atoms with Gasteiger partial charge in [0.25, 0.3) is 0 Å². The molecule has 0 aliphatic rings. The SMILES string of the molecule is Cc1ccsc1C(C)(O)Cc1ccc(I)cc1. The smallest absolute Gasteiger partial charge is 0.100 e. The Labute approximate surface area is 120 Å². The van der Waals surface area contributed by atoms with Crippen LogP contribution in [0.15, 0.2) is 35.7 Å². The number of halogens is 1. The van der Waals surface area contributed by atoms with E-state index >= 15 is 0 Å². The van der Waals surface area contributed by atoms with Crippen LogP contribution in [-0.2, 0) is 12.0 Å². The molecule has 0 fully saturated rings. The molecular formula is C14H15IOS. The van der Waals surface area contributed by atoms with Crippen LogP contribution in [0.4, 0.5) is 0 Å². The van der Waals surface area contributed by atoms with Crippen molar-refractivity contribution in [3.63, 3.8) is 0 Å². The van der Waals surface area contributed by atoms with Gasteiger partial charge in [-0.15, -0.1) is 11.3 Å². The molecule has 2 aromatic rings. The third-order valence-corrected chi connectivity index (χ3v) is 4.80. The van der Waals surface area contributed by atoms with E-state index < -0.39 is 5.60 Å². The highest BCUT2D eigenvalue weighted by atomic mass is 127.